The number of nitrogens with one attached hydrogen (secondary N) is 1. The minimum atomic E-state index is -0.0320. The van der Waals surface area contributed by atoms with E-state index in [2.05, 4.69) is 31.2 Å². The molecule has 1 aromatic heterocycles. The Morgan fingerprint density at radius 2 is 2.00 bits per heavy atom. The minimum absolute atomic E-state index is 0.0320. The number of anilines is 1. The predicted molar refractivity (Wildman–Crippen MR) is 78.4 cm³/mol. The maximum Gasteiger partial charge on any atom is 0.225 e. The van der Waals surface area contributed by atoms with Crippen LogP contribution in [-0.2, 0) is 0 Å². The molecule has 1 aliphatic heterocycles. The van der Waals surface area contributed by atoms with E-state index in [4.69, 9.17) is 5.26 Å². The number of hydrogen-bond donors (Lipinski definition) is 1. The third kappa shape index (κ3) is 4.15. The summed E-state index contributed by atoms with van der Waals surface area (Å²) in [6.45, 7) is 7.74. The largest absolute Gasteiger partial charge is 0.338 e. The summed E-state index contributed by atoms with van der Waals surface area (Å²) in [7, 11) is 0. The summed E-state index contributed by atoms with van der Waals surface area (Å²) >= 11 is 0. The van der Waals surface area contributed by atoms with Gasteiger partial charge in [-0.3, -0.25) is 4.90 Å². The van der Waals surface area contributed by atoms with Gasteiger partial charge in [-0.05, 0) is 19.0 Å². The predicted octanol–water partition coefficient (Wildman–Crippen LogP) is 0.490. The quantitative estimate of drug-likeness (QED) is 0.814. The SMILES string of the molecule is CCNC(C#N)CCN1CCN(c2ncccn2)CC1. The van der Waals surface area contributed by atoms with Crippen LogP contribution < -0.4 is 10.2 Å². The first-order valence-corrected chi connectivity index (χ1v) is 7.20. The van der Waals surface area contributed by atoms with Gasteiger partial charge in [-0.2, -0.15) is 5.26 Å². The normalized spacial score (nSPS) is 17.7. The number of rotatable bonds is 6. The summed E-state index contributed by atoms with van der Waals surface area (Å²) in [5.41, 5.74) is 0. The second-order valence-electron chi connectivity index (χ2n) is 4.91. The molecule has 0 amide bonds. The lowest BCUT2D eigenvalue weighted by molar-refractivity contribution is 0.248. The second-order valence-corrected chi connectivity index (χ2v) is 4.91. The number of nitriles is 1. The molecule has 2 rings (SSSR count). The summed E-state index contributed by atoms with van der Waals surface area (Å²) in [5.74, 6) is 0.815. The molecule has 1 atom stereocenters. The van der Waals surface area contributed by atoms with Crippen LogP contribution in [0.3, 0.4) is 0 Å². The standard InChI is InChI=1S/C14H22N6/c1-2-16-13(12-15)4-7-19-8-10-20(11-9-19)14-17-5-3-6-18-14/h3,5-6,13,16H,2,4,7-11H2,1H3. The van der Waals surface area contributed by atoms with E-state index >= 15 is 0 Å². The summed E-state index contributed by atoms with van der Waals surface area (Å²) in [4.78, 5) is 13.2. The molecule has 20 heavy (non-hydrogen) atoms. The van der Waals surface area contributed by atoms with Crippen molar-refractivity contribution >= 4 is 5.95 Å². The zero-order valence-corrected chi connectivity index (χ0v) is 12.0. The Morgan fingerprint density at radius 3 is 2.60 bits per heavy atom. The van der Waals surface area contributed by atoms with E-state index in [0.29, 0.717) is 0 Å². The number of nitrogens with zero attached hydrogens (tertiary/aromatic N) is 5. The topological polar surface area (TPSA) is 68.1 Å². The average molecular weight is 274 g/mol. The smallest absolute Gasteiger partial charge is 0.225 e. The first kappa shape index (κ1) is 14.7. The van der Waals surface area contributed by atoms with Crippen LogP contribution >= 0.6 is 0 Å². The highest BCUT2D eigenvalue weighted by molar-refractivity contribution is 5.29. The van der Waals surface area contributed by atoms with Gasteiger partial charge in [0.05, 0.1) is 12.1 Å². The van der Waals surface area contributed by atoms with Crippen molar-refractivity contribution in [2.24, 2.45) is 0 Å². The van der Waals surface area contributed by atoms with Gasteiger partial charge in [-0.25, -0.2) is 9.97 Å². The van der Waals surface area contributed by atoms with Gasteiger partial charge >= 0.3 is 0 Å². The van der Waals surface area contributed by atoms with E-state index in [1.165, 1.54) is 0 Å². The van der Waals surface area contributed by atoms with Crippen LogP contribution in [0.5, 0.6) is 0 Å². The van der Waals surface area contributed by atoms with E-state index < -0.39 is 0 Å². The van der Waals surface area contributed by atoms with E-state index in [-0.39, 0.29) is 6.04 Å². The molecular weight excluding hydrogens is 252 g/mol. The zero-order chi connectivity index (χ0) is 14.2. The highest BCUT2D eigenvalue weighted by Crippen LogP contribution is 2.10. The minimum Gasteiger partial charge on any atom is -0.338 e. The fourth-order valence-electron chi connectivity index (χ4n) is 2.40. The molecule has 108 valence electrons. The lowest BCUT2D eigenvalue weighted by atomic mass is 10.2. The monoisotopic (exact) mass is 274 g/mol. The van der Waals surface area contributed by atoms with Gasteiger partial charge in [0, 0.05) is 45.1 Å². The van der Waals surface area contributed by atoms with Crippen LogP contribution in [0.2, 0.25) is 0 Å². The molecule has 0 saturated carbocycles. The molecule has 1 aliphatic rings. The lowest BCUT2D eigenvalue weighted by Crippen LogP contribution is -2.48. The van der Waals surface area contributed by atoms with Gasteiger partial charge in [0.1, 0.15) is 0 Å². The molecule has 2 heterocycles. The first-order chi connectivity index (χ1) is 9.83. The average Bonchev–Trinajstić information content (AvgIpc) is 2.53. The molecule has 0 spiro atoms. The van der Waals surface area contributed by atoms with Crippen molar-refractivity contribution in [2.75, 3.05) is 44.2 Å². The van der Waals surface area contributed by atoms with Crippen LogP contribution in [-0.4, -0.2) is 60.2 Å². The Labute approximate surface area is 120 Å². The van der Waals surface area contributed by atoms with Crippen LogP contribution in [0.15, 0.2) is 18.5 Å². The lowest BCUT2D eigenvalue weighted by Gasteiger charge is -2.34. The van der Waals surface area contributed by atoms with Crippen LogP contribution in [0.4, 0.5) is 5.95 Å². The van der Waals surface area contributed by atoms with Crippen LogP contribution in [0.25, 0.3) is 0 Å². The second kappa shape index (κ2) is 7.78. The van der Waals surface area contributed by atoms with Crippen molar-refractivity contribution in [3.05, 3.63) is 18.5 Å². The highest BCUT2D eigenvalue weighted by Gasteiger charge is 2.19. The Balaban J connectivity index is 1.73. The van der Waals surface area contributed by atoms with Crippen LogP contribution in [0, 0.1) is 11.3 Å². The Kier molecular flexibility index (Phi) is 5.71. The van der Waals surface area contributed by atoms with Crippen molar-refractivity contribution < 1.29 is 0 Å². The molecule has 1 fully saturated rings. The van der Waals surface area contributed by atoms with Gasteiger partial charge in [0.15, 0.2) is 0 Å². The molecule has 0 radical (unpaired) electrons. The maximum absolute atomic E-state index is 9.02. The summed E-state index contributed by atoms with van der Waals surface area (Å²) in [6, 6.07) is 4.11. The van der Waals surface area contributed by atoms with Gasteiger partial charge < -0.3 is 10.2 Å². The maximum atomic E-state index is 9.02. The van der Waals surface area contributed by atoms with Crippen molar-refractivity contribution in [1.82, 2.24) is 20.2 Å². The first-order valence-electron chi connectivity index (χ1n) is 7.20. The van der Waals surface area contributed by atoms with Gasteiger partial charge in [-0.1, -0.05) is 6.92 Å². The zero-order valence-electron chi connectivity index (χ0n) is 12.0. The number of aromatic nitrogens is 2. The van der Waals surface area contributed by atoms with E-state index in [0.717, 1.165) is 51.6 Å². The van der Waals surface area contributed by atoms with Crippen molar-refractivity contribution in [2.45, 2.75) is 19.4 Å². The molecule has 0 aliphatic carbocycles. The van der Waals surface area contributed by atoms with Crippen molar-refractivity contribution in [3.8, 4) is 6.07 Å². The molecule has 6 heteroatoms. The highest BCUT2D eigenvalue weighted by atomic mass is 15.3. The fraction of sp³-hybridized carbons (Fsp3) is 0.643. The molecule has 6 nitrogen and oxygen atoms in total. The molecule has 1 saturated heterocycles. The number of hydrogen-bond acceptors (Lipinski definition) is 6. The Bertz CT molecular complexity index is 421. The molecule has 0 bridgehead atoms. The summed E-state index contributed by atoms with van der Waals surface area (Å²) in [5, 5.41) is 12.2. The third-order valence-electron chi connectivity index (χ3n) is 3.55. The van der Waals surface area contributed by atoms with E-state index in [9.17, 15) is 0 Å². The molecule has 1 unspecified atom stereocenters. The van der Waals surface area contributed by atoms with E-state index in [1.807, 2.05) is 13.0 Å². The van der Waals surface area contributed by atoms with Gasteiger partial charge in [-0.15, -0.1) is 0 Å². The molecule has 1 N–H and O–H groups in total. The fourth-order valence-corrected chi connectivity index (χ4v) is 2.40. The van der Waals surface area contributed by atoms with Crippen molar-refractivity contribution in [1.29, 1.82) is 5.26 Å². The van der Waals surface area contributed by atoms with Gasteiger partial charge in [0.25, 0.3) is 0 Å². The van der Waals surface area contributed by atoms with Gasteiger partial charge in [0.2, 0.25) is 5.95 Å². The van der Waals surface area contributed by atoms with E-state index in [1.54, 1.807) is 12.4 Å². The Morgan fingerprint density at radius 1 is 1.30 bits per heavy atom. The molecular formula is C14H22N6. The molecule has 1 aromatic rings. The summed E-state index contributed by atoms with van der Waals surface area (Å²) < 4.78 is 0. The third-order valence-corrected chi connectivity index (χ3v) is 3.55. The Hall–Kier alpha value is -1.71. The molecule has 0 aromatic carbocycles. The van der Waals surface area contributed by atoms with Crippen LogP contribution in [0.1, 0.15) is 13.3 Å². The number of piperazine rings is 1. The van der Waals surface area contributed by atoms with Crippen molar-refractivity contribution in [3.63, 3.8) is 0 Å². The summed E-state index contributed by atoms with van der Waals surface area (Å²) in [6.07, 6.45) is 4.44.